The molecule has 0 spiro atoms. The van der Waals surface area contributed by atoms with Gasteiger partial charge in [-0.15, -0.1) is 10.2 Å². The number of aliphatic hydroxyl groups excluding tert-OH is 1. The largest absolute Gasteiger partial charge is 0.390 e. The third-order valence-corrected chi connectivity index (χ3v) is 4.65. The first-order valence-corrected chi connectivity index (χ1v) is 7.93. The van der Waals surface area contributed by atoms with Gasteiger partial charge in [0.15, 0.2) is 5.69 Å². The van der Waals surface area contributed by atoms with Crippen LogP contribution in [0.25, 0.3) is 11.3 Å². The van der Waals surface area contributed by atoms with E-state index in [0.29, 0.717) is 17.8 Å². The van der Waals surface area contributed by atoms with Gasteiger partial charge in [0.2, 0.25) is 0 Å². The summed E-state index contributed by atoms with van der Waals surface area (Å²) in [6, 6.07) is 9.20. The number of carbonyl (C=O) groups excluding carboxylic acids is 1. The van der Waals surface area contributed by atoms with Gasteiger partial charge in [0.1, 0.15) is 0 Å². The highest BCUT2D eigenvalue weighted by atomic mass is 32.1. The van der Waals surface area contributed by atoms with Crippen LogP contribution >= 0.6 is 11.3 Å². The van der Waals surface area contributed by atoms with Crippen LogP contribution in [0.3, 0.4) is 0 Å². The lowest BCUT2D eigenvalue weighted by molar-refractivity contribution is 0.0854. The van der Waals surface area contributed by atoms with Crippen molar-refractivity contribution in [2.45, 2.75) is 18.6 Å². The van der Waals surface area contributed by atoms with E-state index in [4.69, 9.17) is 0 Å². The SMILES string of the molecule is O=C(N[C@H]1c2ccccc2C[C@H]1O)c1nnc2ccscc1-2. The van der Waals surface area contributed by atoms with E-state index in [1.165, 1.54) is 11.3 Å². The fourth-order valence-corrected chi connectivity index (χ4v) is 3.56. The van der Waals surface area contributed by atoms with Crippen LogP contribution in [0.15, 0.2) is 41.1 Å². The van der Waals surface area contributed by atoms with Gasteiger partial charge < -0.3 is 10.4 Å². The van der Waals surface area contributed by atoms with Gasteiger partial charge in [0.05, 0.1) is 17.8 Å². The van der Waals surface area contributed by atoms with E-state index in [2.05, 4.69) is 15.5 Å². The van der Waals surface area contributed by atoms with Crippen molar-refractivity contribution in [3.8, 4) is 11.3 Å². The van der Waals surface area contributed by atoms with E-state index in [1.807, 2.05) is 41.1 Å². The molecule has 1 aromatic carbocycles. The third kappa shape index (κ3) is 2.08. The molecule has 4 rings (SSSR count). The normalized spacial score (nSPS) is 20.0. The first-order valence-electron chi connectivity index (χ1n) is 6.99. The van der Waals surface area contributed by atoms with E-state index >= 15 is 0 Å². The molecule has 3 aliphatic rings. The van der Waals surface area contributed by atoms with Crippen molar-refractivity contribution >= 4 is 17.2 Å². The minimum atomic E-state index is -0.613. The highest BCUT2D eigenvalue weighted by Crippen LogP contribution is 2.32. The molecule has 2 heterocycles. The summed E-state index contributed by atoms with van der Waals surface area (Å²) in [5.41, 5.74) is 3.79. The van der Waals surface area contributed by atoms with Crippen molar-refractivity contribution in [3.63, 3.8) is 0 Å². The Bertz CT molecular complexity index is 817. The van der Waals surface area contributed by atoms with E-state index in [1.54, 1.807) is 0 Å². The molecule has 0 saturated heterocycles. The van der Waals surface area contributed by atoms with Crippen LogP contribution in [0.5, 0.6) is 0 Å². The van der Waals surface area contributed by atoms with E-state index < -0.39 is 12.1 Å². The highest BCUT2D eigenvalue weighted by molar-refractivity contribution is 7.07. The lowest BCUT2D eigenvalue weighted by atomic mass is 10.1. The molecule has 2 atom stereocenters. The molecule has 0 radical (unpaired) electrons. The summed E-state index contributed by atoms with van der Waals surface area (Å²) in [6.45, 7) is 0. The Morgan fingerprint density at radius 1 is 1.27 bits per heavy atom. The number of aromatic nitrogens is 2. The maximum absolute atomic E-state index is 12.5. The second-order valence-corrected chi connectivity index (χ2v) is 6.11. The Kier molecular flexibility index (Phi) is 3.13. The molecular formula is C16H13N3O2S. The standard InChI is InChI=1S/C16H13N3O2S/c20-13-7-9-3-1-2-4-10(9)14(13)17-16(21)15-11-8-22-6-5-12(11)18-19-15/h1-6,8,13-14,20H,7H2,(H,17,21)/t13-,14+/m1/s1. The molecule has 0 saturated carbocycles. The number of rotatable bonds is 2. The van der Waals surface area contributed by atoms with Gasteiger partial charge in [-0.05, 0) is 22.6 Å². The molecular weight excluding hydrogens is 298 g/mol. The van der Waals surface area contributed by atoms with Crippen molar-refractivity contribution < 1.29 is 9.90 Å². The van der Waals surface area contributed by atoms with Crippen molar-refractivity contribution in [1.29, 1.82) is 0 Å². The molecule has 1 aliphatic carbocycles. The third-order valence-electron chi connectivity index (χ3n) is 3.98. The molecule has 22 heavy (non-hydrogen) atoms. The quantitative estimate of drug-likeness (QED) is 0.759. The fraction of sp³-hybridized carbons (Fsp3) is 0.188. The van der Waals surface area contributed by atoms with E-state index in [-0.39, 0.29) is 5.91 Å². The second-order valence-electron chi connectivity index (χ2n) is 5.33. The Labute approximate surface area is 131 Å². The number of benzene rings is 1. The lowest BCUT2D eigenvalue weighted by Gasteiger charge is -2.17. The number of amides is 1. The smallest absolute Gasteiger partial charge is 0.273 e. The van der Waals surface area contributed by atoms with E-state index in [0.717, 1.165) is 16.7 Å². The van der Waals surface area contributed by atoms with Crippen LogP contribution in [0.2, 0.25) is 0 Å². The lowest BCUT2D eigenvalue weighted by Crippen LogP contribution is -2.34. The minimum absolute atomic E-state index is 0.304. The molecule has 2 N–H and O–H groups in total. The summed E-state index contributed by atoms with van der Waals surface area (Å²) < 4.78 is 0. The predicted octanol–water partition coefficient (Wildman–Crippen LogP) is 2.03. The van der Waals surface area contributed by atoms with Gasteiger partial charge >= 0.3 is 0 Å². The van der Waals surface area contributed by atoms with Crippen LogP contribution in [0, 0.1) is 0 Å². The van der Waals surface area contributed by atoms with E-state index in [9.17, 15) is 9.90 Å². The number of hydrogen-bond donors (Lipinski definition) is 2. The zero-order chi connectivity index (χ0) is 15.1. The Balaban J connectivity index is 1.63. The summed E-state index contributed by atoms with van der Waals surface area (Å²) in [6.07, 6.45) is -0.0604. The molecule has 2 aliphatic heterocycles. The predicted molar refractivity (Wildman–Crippen MR) is 82.9 cm³/mol. The monoisotopic (exact) mass is 311 g/mol. The average molecular weight is 311 g/mol. The molecule has 0 unspecified atom stereocenters. The summed E-state index contributed by atoms with van der Waals surface area (Å²) in [4.78, 5) is 12.5. The minimum Gasteiger partial charge on any atom is -0.390 e. The van der Waals surface area contributed by atoms with Crippen LogP contribution in [0.1, 0.15) is 27.7 Å². The van der Waals surface area contributed by atoms with Gasteiger partial charge in [-0.3, -0.25) is 4.79 Å². The molecule has 0 fully saturated rings. The Morgan fingerprint density at radius 2 is 2.14 bits per heavy atom. The Morgan fingerprint density at radius 3 is 3.05 bits per heavy atom. The topological polar surface area (TPSA) is 75.1 Å². The number of carbonyl (C=O) groups is 1. The van der Waals surface area contributed by atoms with Gasteiger partial charge in [-0.1, -0.05) is 24.3 Å². The van der Waals surface area contributed by atoms with Crippen LogP contribution in [-0.4, -0.2) is 27.3 Å². The zero-order valence-corrected chi connectivity index (χ0v) is 12.4. The molecule has 5 nitrogen and oxygen atoms in total. The first kappa shape index (κ1) is 13.4. The molecule has 110 valence electrons. The van der Waals surface area contributed by atoms with Crippen molar-refractivity contribution in [2.24, 2.45) is 0 Å². The summed E-state index contributed by atoms with van der Waals surface area (Å²) >= 11 is 1.49. The van der Waals surface area contributed by atoms with Gasteiger partial charge in [-0.25, -0.2) is 0 Å². The molecule has 0 bridgehead atoms. The summed E-state index contributed by atoms with van der Waals surface area (Å²) in [5, 5.41) is 24.9. The van der Waals surface area contributed by atoms with Gasteiger partial charge in [0, 0.05) is 17.4 Å². The summed E-state index contributed by atoms with van der Waals surface area (Å²) in [5.74, 6) is -0.304. The Hall–Kier alpha value is -2.31. The highest BCUT2D eigenvalue weighted by Gasteiger charge is 2.33. The number of aliphatic hydroxyl groups is 1. The van der Waals surface area contributed by atoms with Crippen molar-refractivity contribution in [1.82, 2.24) is 15.5 Å². The molecule has 1 amide bonds. The molecule has 1 aromatic rings. The number of hydrogen-bond acceptors (Lipinski definition) is 5. The maximum atomic E-state index is 12.5. The number of nitrogens with zero attached hydrogens (tertiary/aromatic N) is 2. The number of fused-ring (bicyclic) bond motifs is 2. The zero-order valence-electron chi connectivity index (χ0n) is 11.6. The average Bonchev–Trinajstić information content (AvgIpc) is 3.09. The van der Waals surface area contributed by atoms with Crippen LogP contribution in [-0.2, 0) is 6.42 Å². The van der Waals surface area contributed by atoms with Crippen LogP contribution < -0.4 is 5.32 Å². The van der Waals surface area contributed by atoms with Crippen LogP contribution in [0.4, 0.5) is 0 Å². The summed E-state index contributed by atoms with van der Waals surface area (Å²) in [7, 11) is 0. The van der Waals surface area contributed by atoms with Crippen molar-refractivity contribution in [2.75, 3.05) is 0 Å². The van der Waals surface area contributed by atoms with Gasteiger partial charge in [-0.2, -0.15) is 11.3 Å². The maximum Gasteiger partial charge on any atom is 0.273 e. The second kappa shape index (κ2) is 5.15. The molecule has 0 aromatic heterocycles. The first-order chi connectivity index (χ1) is 10.7. The van der Waals surface area contributed by atoms with Gasteiger partial charge in [0.25, 0.3) is 5.91 Å². The van der Waals surface area contributed by atoms with Crippen molar-refractivity contribution in [3.05, 3.63) is 57.9 Å². The number of nitrogens with one attached hydrogen (secondary N) is 1. The fourth-order valence-electron chi connectivity index (χ4n) is 2.91. The molecule has 6 heteroatoms.